The molecule has 1 aliphatic carbocycles. The van der Waals surface area contributed by atoms with Crippen LogP contribution in [0.4, 0.5) is 5.95 Å². The summed E-state index contributed by atoms with van der Waals surface area (Å²) in [5.74, 6) is 2.38. The van der Waals surface area contributed by atoms with Crippen molar-refractivity contribution in [2.24, 2.45) is 11.8 Å². The van der Waals surface area contributed by atoms with Crippen molar-refractivity contribution < 1.29 is 4.79 Å². The van der Waals surface area contributed by atoms with E-state index in [9.17, 15) is 4.79 Å². The molecule has 206 valence electrons. The number of piperidine rings is 2. The number of nitrogens with zero attached hydrogens (tertiary/aromatic N) is 4. The van der Waals surface area contributed by atoms with Gasteiger partial charge in [0.1, 0.15) is 0 Å². The number of rotatable bonds is 4. The summed E-state index contributed by atoms with van der Waals surface area (Å²) in [4.78, 5) is 26.5. The number of nitrogens with one attached hydrogen (secondary N) is 1. The smallest absolute Gasteiger partial charge is 0.225 e. The van der Waals surface area contributed by atoms with Crippen molar-refractivity contribution in [3.63, 3.8) is 0 Å². The summed E-state index contributed by atoms with van der Waals surface area (Å²) < 4.78 is 2.20. The predicted molar refractivity (Wildman–Crippen MR) is 163 cm³/mol. The second-order valence-electron chi connectivity index (χ2n) is 11.3. The molecule has 2 unspecified atom stereocenters. The third-order valence-electron chi connectivity index (χ3n) is 8.99. The number of dihydropyridines is 1. The van der Waals surface area contributed by atoms with Gasteiger partial charge in [-0.3, -0.25) is 4.79 Å². The van der Waals surface area contributed by atoms with Gasteiger partial charge in [0.15, 0.2) is 0 Å². The normalized spacial score (nSPS) is 24.2. The lowest BCUT2D eigenvalue weighted by molar-refractivity contribution is -0.133. The van der Waals surface area contributed by atoms with Gasteiger partial charge in [-0.2, -0.15) is 0 Å². The van der Waals surface area contributed by atoms with E-state index in [1.54, 1.807) is 12.4 Å². The van der Waals surface area contributed by atoms with Crippen LogP contribution in [0.15, 0.2) is 57.4 Å². The molecule has 1 N–H and O–H groups in total. The highest BCUT2D eigenvalue weighted by Gasteiger charge is 2.40. The molecule has 4 heterocycles. The van der Waals surface area contributed by atoms with Crippen molar-refractivity contribution in [1.82, 2.24) is 20.2 Å². The van der Waals surface area contributed by atoms with Crippen molar-refractivity contribution in [1.29, 1.82) is 0 Å². The Hall–Kier alpha value is -1.90. The number of fused-ring (bicyclic) bond motifs is 2. The lowest BCUT2D eigenvalue weighted by atomic mass is 9.73. The quantitative estimate of drug-likeness (QED) is 0.396. The Kier molecular flexibility index (Phi) is 8.33. The summed E-state index contributed by atoms with van der Waals surface area (Å²) >= 11 is 14.0. The Morgan fingerprint density at radius 3 is 2.51 bits per heavy atom. The zero-order chi connectivity index (χ0) is 26.9. The summed E-state index contributed by atoms with van der Waals surface area (Å²) in [5, 5.41) is 4.51. The first kappa shape index (κ1) is 27.3. The van der Waals surface area contributed by atoms with Gasteiger partial charge in [0.2, 0.25) is 11.9 Å². The van der Waals surface area contributed by atoms with Gasteiger partial charge in [-0.15, -0.1) is 0 Å². The SMILES string of the molecule is O=C(CC1CCN(c2ncccn2)CC1)N1CCC(C2c3c(Br)cc(Cl)cc3CCC3=CC(Br)=CNC32)CC1. The number of halogens is 3. The van der Waals surface area contributed by atoms with Crippen LogP contribution in [-0.2, 0) is 11.2 Å². The molecule has 0 bridgehead atoms. The molecule has 0 radical (unpaired) electrons. The molecule has 0 saturated carbocycles. The van der Waals surface area contributed by atoms with Crippen LogP contribution in [0.25, 0.3) is 0 Å². The molecular weight excluding hydrogens is 642 g/mol. The standard InChI is InChI=1S/C30H34Br2ClN5O/c31-23-15-22-3-2-21-16-24(33)17-25(32)27(21)28(29(22)36-18-23)20-6-12-37(13-7-20)26(39)14-19-4-10-38(11-5-19)30-34-8-1-9-35-30/h1,8-9,15-20,28-29,36H,2-7,10-14H2. The lowest BCUT2D eigenvalue weighted by Gasteiger charge is -2.41. The summed E-state index contributed by atoms with van der Waals surface area (Å²) in [7, 11) is 0. The van der Waals surface area contributed by atoms with Gasteiger partial charge >= 0.3 is 0 Å². The number of amides is 1. The Labute approximate surface area is 252 Å². The topological polar surface area (TPSA) is 61.4 Å². The van der Waals surface area contributed by atoms with Crippen LogP contribution in [0.5, 0.6) is 0 Å². The van der Waals surface area contributed by atoms with E-state index in [-0.39, 0.29) is 6.04 Å². The molecule has 2 saturated heterocycles. The Bertz CT molecular complexity index is 1270. The van der Waals surface area contributed by atoms with Gasteiger partial charge in [0.25, 0.3) is 0 Å². The maximum absolute atomic E-state index is 13.3. The molecule has 4 aliphatic rings. The number of allylic oxidation sites excluding steroid dienone is 2. The van der Waals surface area contributed by atoms with Crippen molar-refractivity contribution in [2.45, 2.75) is 56.9 Å². The van der Waals surface area contributed by atoms with Gasteiger partial charge in [0.05, 0.1) is 6.04 Å². The van der Waals surface area contributed by atoms with Gasteiger partial charge in [0, 0.05) is 71.1 Å². The van der Waals surface area contributed by atoms with E-state index in [1.165, 1.54) is 16.7 Å². The van der Waals surface area contributed by atoms with Crippen LogP contribution in [0.1, 0.15) is 55.6 Å². The molecule has 39 heavy (non-hydrogen) atoms. The van der Waals surface area contributed by atoms with E-state index >= 15 is 0 Å². The Morgan fingerprint density at radius 1 is 1.03 bits per heavy atom. The van der Waals surface area contributed by atoms with Gasteiger partial charge in [-0.1, -0.05) is 27.5 Å². The monoisotopic (exact) mass is 673 g/mol. The van der Waals surface area contributed by atoms with Crippen molar-refractivity contribution in [3.05, 3.63) is 73.5 Å². The number of anilines is 1. The average Bonchev–Trinajstić information content (AvgIpc) is 3.11. The molecule has 0 spiro atoms. The van der Waals surface area contributed by atoms with Crippen molar-refractivity contribution in [3.8, 4) is 0 Å². The number of benzene rings is 1. The number of hydrogen-bond acceptors (Lipinski definition) is 5. The second-order valence-corrected chi connectivity index (χ2v) is 13.5. The Balaban J connectivity index is 1.10. The summed E-state index contributed by atoms with van der Waals surface area (Å²) in [6, 6.07) is 6.31. The molecular formula is C30H34Br2ClN5O. The van der Waals surface area contributed by atoms with Gasteiger partial charge in [-0.05, 0) is 107 Å². The molecule has 1 aromatic heterocycles. The first-order chi connectivity index (χ1) is 19.0. The maximum atomic E-state index is 13.3. The number of aryl methyl sites for hydroxylation is 1. The number of aromatic nitrogens is 2. The molecule has 2 fully saturated rings. The number of carbonyl (C=O) groups excluding carboxylic acids is 1. The highest BCUT2D eigenvalue weighted by atomic mass is 79.9. The molecule has 1 amide bonds. The van der Waals surface area contributed by atoms with Crippen LogP contribution in [-0.4, -0.2) is 53.0 Å². The van der Waals surface area contributed by atoms with Crippen LogP contribution in [0, 0.1) is 11.8 Å². The molecule has 6 rings (SSSR count). The molecule has 9 heteroatoms. The lowest BCUT2D eigenvalue weighted by Crippen LogP contribution is -2.45. The summed E-state index contributed by atoms with van der Waals surface area (Å²) in [6.07, 6.45) is 14.7. The van der Waals surface area contributed by atoms with Crippen LogP contribution < -0.4 is 10.2 Å². The number of hydrogen-bond donors (Lipinski definition) is 1. The summed E-state index contributed by atoms with van der Waals surface area (Å²) in [5.41, 5.74) is 4.18. The molecule has 2 atom stereocenters. The zero-order valence-electron chi connectivity index (χ0n) is 22.0. The predicted octanol–water partition coefficient (Wildman–Crippen LogP) is 6.60. The first-order valence-corrected chi connectivity index (χ1v) is 16.0. The van der Waals surface area contributed by atoms with Crippen molar-refractivity contribution in [2.75, 3.05) is 31.1 Å². The third kappa shape index (κ3) is 5.94. The average molecular weight is 676 g/mol. The van der Waals surface area contributed by atoms with Crippen molar-refractivity contribution >= 4 is 55.3 Å². The maximum Gasteiger partial charge on any atom is 0.225 e. The van der Waals surface area contributed by atoms with Gasteiger partial charge < -0.3 is 15.1 Å². The third-order valence-corrected chi connectivity index (χ3v) is 10.3. The fraction of sp³-hybridized carbons (Fsp3) is 0.500. The molecule has 6 nitrogen and oxygen atoms in total. The van der Waals surface area contributed by atoms with E-state index in [0.29, 0.717) is 30.1 Å². The number of likely N-dealkylation sites (tertiary alicyclic amines) is 1. The van der Waals surface area contributed by atoms with E-state index < -0.39 is 0 Å². The minimum Gasteiger partial charge on any atom is -0.383 e. The number of carbonyl (C=O) groups is 1. The second kappa shape index (κ2) is 11.9. The van der Waals surface area contributed by atoms with E-state index in [1.807, 2.05) is 12.1 Å². The Morgan fingerprint density at radius 2 is 1.77 bits per heavy atom. The molecule has 2 aromatic rings. The largest absolute Gasteiger partial charge is 0.383 e. The molecule has 3 aliphatic heterocycles. The van der Waals surface area contributed by atoms with E-state index in [0.717, 1.165) is 84.6 Å². The van der Waals surface area contributed by atoms with E-state index in [4.69, 9.17) is 11.6 Å². The molecule has 1 aromatic carbocycles. The zero-order valence-corrected chi connectivity index (χ0v) is 25.9. The van der Waals surface area contributed by atoms with Crippen LogP contribution in [0.2, 0.25) is 5.02 Å². The summed E-state index contributed by atoms with van der Waals surface area (Å²) in [6.45, 7) is 3.50. The van der Waals surface area contributed by atoms with Crippen LogP contribution in [0.3, 0.4) is 0 Å². The minimum absolute atomic E-state index is 0.260. The first-order valence-electron chi connectivity index (χ1n) is 14.1. The fourth-order valence-electron chi connectivity index (χ4n) is 6.99. The van der Waals surface area contributed by atoms with Gasteiger partial charge in [-0.25, -0.2) is 9.97 Å². The van der Waals surface area contributed by atoms with E-state index in [2.05, 4.69) is 75.3 Å². The highest BCUT2D eigenvalue weighted by Crippen LogP contribution is 2.47. The van der Waals surface area contributed by atoms with Crippen LogP contribution >= 0.6 is 43.5 Å². The minimum atomic E-state index is 0.260. The fourth-order valence-corrected chi connectivity index (χ4v) is 8.56. The highest BCUT2D eigenvalue weighted by molar-refractivity contribution is 9.12.